The Balaban J connectivity index is 3.10. The average molecular weight is 169 g/mol. The van der Waals surface area contributed by atoms with Gasteiger partial charge in [0.25, 0.3) is 0 Å². The number of nitrogens with zero attached hydrogens (tertiary/aromatic N) is 3. The summed E-state index contributed by atoms with van der Waals surface area (Å²) < 4.78 is 9.46. The SMILES string of the molecule is COc1ncc(N=O)c(OC)n1. The molecule has 0 saturated heterocycles. The van der Waals surface area contributed by atoms with Gasteiger partial charge in [0.05, 0.1) is 20.4 Å². The summed E-state index contributed by atoms with van der Waals surface area (Å²) in [6, 6.07) is 0.138. The zero-order chi connectivity index (χ0) is 8.97. The molecule has 0 amide bonds. The molecule has 0 fully saturated rings. The van der Waals surface area contributed by atoms with Crippen molar-refractivity contribution in [2.45, 2.75) is 0 Å². The fraction of sp³-hybridized carbons (Fsp3) is 0.333. The monoisotopic (exact) mass is 169 g/mol. The van der Waals surface area contributed by atoms with Gasteiger partial charge in [-0.25, -0.2) is 4.98 Å². The summed E-state index contributed by atoms with van der Waals surface area (Å²) in [6.45, 7) is 0. The molecule has 0 aliphatic rings. The van der Waals surface area contributed by atoms with Crippen molar-refractivity contribution in [2.75, 3.05) is 14.2 Å². The highest BCUT2D eigenvalue weighted by molar-refractivity contribution is 5.44. The summed E-state index contributed by atoms with van der Waals surface area (Å²) in [7, 11) is 2.80. The standard InChI is InChI=1S/C6H7N3O3/c1-11-5-4(9-10)3-7-6(8-5)12-2/h3H,1-2H3. The molecule has 1 aromatic rings. The first-order valence-corrected chi connectivity index (χ1v) is 3.10. The van der Waals surface area contributed by atoms with Crippen LogP contribution in [0.25, 0.3) is 0 Å². The van der Waals surface area contributed by atoms with E-state index in [-0.39, 0.29) is 17.6 Å². The minimum Gasteiger partial charge on any atom is -0.479 e. The van der Waals surface area contributed by atoms with Crippen molar-refractivity contribution >= 4 is 5.69 Å². The third-order valence-corrected chi connectivity index (χ3v) is 1.19. The second kappa shape index (κ2) is 3.61. The lowest BCUT2D eigenvalue weighted by Gasteiger charge is -2.01. The lowest BCUT2D eigenvalue weighted by atomic mass is 10.5. The molecule has 0 aliphatic carbocycles. The van der Waals surface area contributed by atoms with E-state index in [1.807, 2.05) is 0 Å². The molecule has 12 heavy (non-hydrogen) atoms. The highest BCUT2D eigenvalue weighted by Crippen LogP contribution is 2.24. The first-order valence-electron chi connectivity index (χ1n) is 3.10. The molecule has 0 radical (unpaired) electrons. The molecule has 0 bridgehead atoms. The molecule has 1 heterocycles. The maximum Gasteiger partial charge on any atom is 0.319 e. The summed E-state index contributed by atoms with van der Waals surface area (Å²) in [6.07, 6.45) is 1.23. The number of hydrogen-bond acceptors (Lipinski definition) is 6. The minimum atomic E-state index is 0.0540. The molecular formula is C6H7N3O3. The van der Waals surface area contributed by atoms with E-state index in [0.717, 1.165) is 0 Å². The van der Waals surface area contributed by atoms with Crippen LogP contribution in [0.15, 0.2) is 11.4 Å². The van der Waals surface area contributed by atoms with Crippen LogP contribution >= 0.6 is 0 Å². The van der Waals surface area contributed by atoms with E-state index in [1.54, 1.807) is 0 Å². The number of rotatable bonds is 3. The molecule has 0 atom stereocenters. The van der Waals surface area contributed by atoms with Gasteiger partial charge < -0.3 is 9.47 Å². The molecule has 0 spiro atoms. The van der Waals surface area contributed by atoms with Crippen LogP contribution in [0.1, 0.15) is 0 Å². The predicted molar refractivity (Wildman–Crippen MR) is 40.6 cm³/mol. The third kappa shape index (κ3) is 1.47. The quantitative estimate of drug-likeness (QED) is 0.628. The van der Waals surface area contributed by atoms with Gasteiger partial charge in [-0.1, -0.05) is 0 Å². The molecule has 1 rings (SSSR count). The number of hydrogen-bond donors (Lipinski definition) is 0. The van der Waals surface area contributed by atoms with Crippen molar-refractivity contribution in [1.29, 1.82) is 0 Å². The van der Waals surface area contributed by atoms with Gasteiger partial charge in [-0.2, -0.15) is 4.98 Å². The fourth-order valence-electron chi connectivity index (χ4n) is 0.656. The molecule has 0 saturated carbocycles. The van der Waals surface area contributed by atoms with E-state index >= 15 is 0 Å². The molecule has 0 aromatic carbocycles. The predicted octanol–water partition coefficient (Wildman–Crippen LogP) is 0.892. The lowest BCUT2D eigenvalue weighted by molar-refractivity contribution is 0.353. The first kappa shape index (κ1) is 8.38. The Bertz CT molecular complexity index is 289. The highest BCUT2D eigenvalue weighted by Gasteiger charge is 2.07. The number of nitroso groups, excluding NO2 is 1. The van der Waals surface area contributed by atoms with Crippen LogP contribution in [0.2, 0.25) is 0 Å². The lowest BCUT2D eigenvalue weighted by Crippen LogP contribution is -1.94. The molecule has 0 N–H and O–H groups in total. The van der Waals surface area contributed by atoms with Gasteiger partial charge in [-0.15, -0.1) is 4.91 Å². The molecule has 6 heteroatoms. The largest absolute Gasteiger partial charge is 0.479 e. The molecule has 0 aliphatic heterocycles. The maximum absolute atomic E-state index is 10.1. The first-order chi connectivity index (χ1) is 5.81. The van der Waals surface area contributed by atoms with Crippen LogP contribution in [-0.2, 0) is 0 Å². The summed E-state index contributed by atoms with van der Waals surface area (Å²) >= 11 is 0. The topological polar surface area (TPSA) is 73.7 Å². The van der Waals surface area contributed by atoms with Gasteiger partial charge in [0.1, 0.15) is 0 Å². The maximum atomic E-state index is 10.1. The van der Waals surface area contributed by atoms with Crippen LogP contribution in [-0.4, -0.2) is 24.2 Å². The van der Waals surface area contributed by atoms with Crippen molar-refractivity contribution in [3.8, 4) is 11.9 Å². The van der Waals surface area contributed by atoms with Crippen LogP contribution in [0, 0.1) is 4.91 Å². The van der Waals surface area contributed by atoms with E-state index in [4.69, 9.17) is 9.47 Å². The second-order valence-electron chi connectivity index (χ2n) is 1.84. The van der Waals surface area contributed by atoms with E-state index in [0.29, 0.717) is 0 Å². The Hall–Kier alpha value is -1.72. The Kier molecular flexibility index (Phi) is 2.52. The van der Waals surface area contributed by atoms with E-state index in [9.17, 15) is 4.91 Å². The zero-order valence-electron chi connectivity index (χ0n) is 6.64. The van der Waals surface area contributed by atoms with Crippen LogP contribution in [0.3, 0.4) is 0 Å². The van der Waals surface area contributed by atoms with Gasteiger partial charge in [-0.05, 0) is 5.18 Å². The second-order valence-corrected chi connectivity index (χ2v) is 1.84. The normalized spacial score (nSPS) is 9.17. The molecule has 1 aromatic heterocycles. The number of aromatic nitrogens is 2. The zero-order valence-corrected chi connectivity index (χ0v) is 6.64. The smallest absolute Gasteiger partial charge is 0.319 e. The van der Waals surface area contributed by atoms with Crippen LogP contribution in [0.4, 0.5) is 5.69 Å². The van der Waals surface area contributed by atoms with Gasteiger partial charge in [0.2, 0.25) is 5.88 Å². The van der Waals surface area contributed by atoms with E-state index < -0.39 is 0 Å². The highest BCUT2D eigenvalue weighted by atomic mass is 16.5. The Morgan fingerprint density at radius 1 is 1.42 bits per heavy atom. The van der Waals surface area contributed by atoms with Gasteiger partial charge >= 0.3 is 6.01 Å². The Labute approximate surface area is 68.5 Å². The molecule has 64 valence electrons. The number of ether oxygens (including phenoxy) is 2. The summed E-state index contributed by atoms with van der Waals surface area (Å²) in [5, 5.41) is 2.66. The summed E-state index contributed by atoms with van der Waals surface area (Å²) in [5.74, 6) is 0.108. The number of methoxy groups -OCH3 is 2. The van der Waals surface area contributed by atoms with Crippen LogP contribution < -0.4 is 9.47 Å². The summed E-state index contributed by atoms with van der Waals surface area (Å²) in [4.78, 5) is 17.5. The molecule has 6 nitrogen and oxygen atoms in total. The van der Waals surface area contributed by atoms with Crippen molar-refractivity contribution in [1.82, 2.24) is 9.97 Å². The molecular weight excluding hydrogens is 162 g/mol. The van der Waals surface area contributed by atoms with Gasteiger partial charge in [-0.3, -0.25) is 0 Å². The molecule has 0 unspecified atom stereocenters. The van der Waals surface area contributed by atoms with E-state index in [1.165, 1.54) is 20.4 Å². The van der Waals surface area contributed by atoms with Crippen molar-refractivity contribution in [2.24, 2.45) is 5.18 Å². The van der Waals surface area contributed by atoms with Crippen molar-refractivity contribution in [3.05, 3.63) is 11.1 Å². The summed E-state index contributed by atoms with van der Waals surface area (Å²) in [5.41, 5.74) is 0.0540. The van der Waals surface area contributed by atoms with Crippen LogP contribution in [0.5, 0.6) is 11.9 Å². The van der Waals surface area contributed by atoms with Gasteiger partial charge in [0, 0.05) is 0 Å². The Morgan fingerprint density at radius 2 is 2.17 bits per heavy atom. The third-order valence-electron chi connectivity index (χ3n) is 1.19. The minimum absolute atomic E-state index is 0.0540. The van der Waals surface area contributed by atoms with Gasteiger partial charge in [0.15, 0.2) is 5.69 Å². The average Bonchev–Trinajstić information content (AvgIpc) is 2.16. The Morgan fingerprint density at radius 3 is 2.67 bits per heavy atom. The van der Waals surface area contributed by atoms with Crippen molar-refractivity contribution in [3.63, 3.8) is 0 Å². The van der Waals surface area contributed by atoms with Crippen molar-refractivity contribution < 1.29 is 9.47 Å². The fourth-order valence-corrected chi connectivity index (χ4v) is 0.656. The van der Waals surface area contributed by atoms with E-state index in [2.05, 4.69) is 15.1 Å².